The molecule has 2 heteroatoms. The first kappa shape index (κ1) is 8.18. The smallest absolute Gasteiger partial charge is 0.0484 e. The van der Waals surface area contributed by atoms with Gasteiger partial charge in [-0.1, -0.05) is 36.0 Å². The lowest BCUT2D eigenvalue weighted by molar-refractivity contribution is 0.470. The lowest BCUT2D eigenvalue weighted by Gasteiger charge is -2.16. The van der Waals surface area contributed by atoms with E-state index in [1.807, 2.05) is 11.8 Å². The molecule has 0 bridgehead atoms. The van der Waals surface area contributed by atoms with E-state index < -0.39 is 0 Å². The molecule has 0 fully saturated rings. The van der Waals surface area contributed by atoms with Crippen LogP contribution in [0.25, 0.3) is 0 Å². The summed E-state index contributed by atoms with van der Waals surface area (Å²) in [5.74, 6) is 0. The maximum atomic E-state index is 2.33. The maximum Gasteiger partial charge on any atom is 0.0484 e. The highest BCUT2D eigenvalue weighted by Crippen LogP contribution is 2.34. The Morgan fingerprint density at radius 1 is 1.21 bits per heavy atom. The van der Waals surface area contributed by atoms with Gasteiger partial charge in [0, 0.05) is 29.8 Å². The molecule has 0 aromatic heterocycles. The first-order valence-electron chi connectivity index (χ1n) is 4.80. The Bertz CT molecular complexity index is 420. The lowest BCUT2D eigenvalue weighted by Crippen LogP contribution is -2.10. The summed E-state index contributed by atoms with van der Waals surface area (Å²) in [5, 5.41) is 2.27. The summed E-state index contributed by atoms with van der Waals surface area (Å²) in [5.41, 5.74) is 2.85. The standard InChI is InChI=1S/C12H11NS/c1-2-6-12-10(4-1)8-13-7-3-5-11(13)9-14-12/h1-4,6-7,9H,5,8H2. The molecule has 0 amide bonds. The maximum absolute atomic E-state index is 2.33. The Balaban J connectivity index is 2.03. The van der Waals surface area contributed by atoms with Crippen LogP contribution in [0.15, 0.2) is 52.5 Å². The molecule has 0 radical (unpaired) electrons. The third-order valence-electron chi connectivity index (χ3n) is 2.62. The number of allylic oxidation sites excluding steroid dienone is 1. The van der Waals surface area contributed by atoms with Gasteiger partial charge in [-0.15, -0.1) is 0 Å². The van der Waals surface area contributed by atoms with Crippen molar-refractivity contribution < 1.29 is 0 Å². The largest absolute Gasteiger partial charge is 0.347 e. The van der Waals surface area contributed by atoms with Gasteiger partial charge in [0.25, 0.3) is 0 Å². The van der Waals surface area contributed by atoms with E-state index >= 15 is 0 Å². The molecule has 0 atom stereocenters. The minimum absolute atomic E-state index is 1.02. The number of rotatable bonds is 0. The van der Waals surface area contributed by atoms with Crippen LogP contribution in [0.5, 0.6) is 0 Å². The summed E-state index contributed by atoms with van der Waals surface area (Å²) < 4.78 is 0. The number of thioether (sulfide) groups is 1. The van der Waals surface area contributed by atoms with Crippen molar-refractivity contribution in [2.24, 2.45) is 0 Å². The second-order valence-electron chi connectivity index (χ2n) is 3.55. The van der Waals surface area contributed by atoms with E-state index in [0.29, 0.717) is 0 Å². The van der Waals surface area contributed by atoms with E-state index in [9.17, 15) is 0 Å². The summed E-state index contributed by atoms with van der Waals surface area (Å²) in [6.45, 7) is 1.02. The van der Waals surface area contributed by atoms with Crippen LogP contribution in [-0.2, 0) is 6.54 Å². The van der Waals surface area contributed by atoms with Crippen LogP contribution in [-0.4, -0.2) is 4.90 Å². The molecule has 1 nitrogen and oxygen atoms in total. The lowest BCUT2D eigenvalue weighted by atomic mass is 10.2. The van der Waals surface area contributed by atoms with E-state index in [1.165, 1.54) is 16.2 Å². The van der Waals surface area contributed by atoms with Crippen LogP contribution < -0.4 is 0 Å². The highest BCUT2D eigenvalue weighted by atomic mass is 32.2. The van der Waals surface area contributed by atoms with Crippen molar-refractivity contribution in [3.05, 3.63) is 53.2 Å². The van der Waals surface area contributed by atoms with Crippen molar-refractivity contribution in [2.45, 2.75) is 17.9 Å². The van der Waals surface area contributed by atoms with Crippen LogP contribution in [0.1, 0.15) is 12.0 Å². The van der Waals surface area contributed by atoms with E-state index in [2.05, 4.69) is 46.8 Å². The van der Waals surface area contributed by atoms with E-state index in [1.54, 1.807) is 0 Å². The summed E-state index contributed by atoms with van der Waals surface area (Å²) in [6.07, 6.45) is 5.50. The predicted molar refractivity (Wildman–Crippen MR) is 59.7 cm³/mol. The van der Waals surface area contributed by atoms with Gasteiger partial charge in [0.2, 0.25) is 0 Å². The van der Waals surface area contributed by atoms with Gasteiger partial charge in [-0.2, -0.15) is 0 Å². The number of hydrogen-bond acceptors (Lipinski definition) is 2. The van der Waals surface area contributed by atoms with Crippen LogP contribution in [0.2, 0.25) is 0 Å². The van der Waals surface area contributed by atoms with Crippen molar-refractivity contribution in [1.29, 1.82) is 0 Å². The molecule has 0 N–H and O–H groups in total. The van der Waals surface area contributed by atoms with Gasteiger partial charge in [0.05, 0.1) is 0 Å². The summed E-state index contributed by atoms with van der Waals surface area (Å²) >= 11 is 1.84. The molecular weight excluding hydrogens is 190 g/mol. The molecule has 70 valence electrons. The van der Waals surface area contributed by atoms with Crippen LogP contribution >= 0.6 is 11.8 Å². The van der Waals surface area contributed by atoms with Crippen molar-refractivity contribution in [2.75, 3.05) is 0 Å². The monoisotopic (exact) mass is 201 g/mol. The summed E-state index contributed by atoms with van der Waals surface area (Å²) in [6, 6.07) is 8.63. The van der Waals surface area contributed by atoms with Crippen LogP contribution in [0.3, 0.4) is 0 Å². The zero-order chi connectivity index (χ0) is 9.38. The molecular formula is C12H11NS. The van der Waals surface area contributed by atoms with Gasteiger partial charge in [0.1, 0.15) is 0 Å². The molecule has 0 spiro atoms. The SMILES string of the molecule is C1=CN2Cc3ccccc3SC=C2C1. The second-order valence-corrected chi connectivity index (χ2v) is 4.46. The Morgan fingerprint density at radius 2 is 2.14 bits per heavy atom. The minimum atomic E-state index is 1.02. The molecule has 3 rings (SSSR count). The molecule has 1 aromatic carbocycles. The highest BCUT2D eigenvalue weighted by molar-refractivity contribution is 8.02. The van der Waals surface area contributed by atoms with Gasteiger partial charge in [0.15, 0.2) is 0 Å². The van der Waals surface area contributed by atoms with Crippen molar-refractivity contribution in [3.63, 3.8) is 0 Å². The Morgan fingerprint density at radius 3 is 3.14 bits per heavy atom. The van der Waals surface area contributed by atoms with Gasteiger partial charge in [-0.05, 0) is 17.0 Å². The van der Waals surface area contributed by atoms with Gasteiger partial charge in [-0.25, -0.2) is 0 Å². The molecule has 1 aromatic rings. The fourth-order valence-corrected chi connectivity index (χ4v) is 2.78. The zero-order valence-electron chi connectivity index (χ0n) is 7.81. The first-order chi connectivity index (χ1) is 6.93. The molecule has 2 aliphatic rings. The molecule has 2 aliphatic heterocycles. The molecule has 2 heterocycles. The van der Waals surface area contributed by atoms with Crippen molar-refractivity contribution >= 4 is 11.8 Å². The first-order valence-corrected chi connectivity index (χ1v) is 5.68. The third-order valence-corrected chi connectivity index (χ3v) is 3.66. The molecule has 0 aliphatic carbocycles. The Labute approximate surface area is 88.1 Å². The van der Waals surface area contributed by atoms with Crippen LogP contribution in [0.4, 0.5) is 0 Å². The van der Waals surface area contributed by atoms with Gasteiger partial charge in [-0.3, -0.25) is 0 Å². The topological polar surface area (TPSA) is 3.24 Å². The number of benzene rings is 1. The average Bonchev–Trinajstić information content (AvgIpc) is 2.58. The number of nitrogens with zero attached hydrogens (tertiary/aromatic N) is 1. The summed E-state index contributed by atoms with van der Waals surface area (Å²) in [4.78, 5) is 3.72. The average molecular weight is 201 g/mol. The van der Waals surface area contributed by atoms with E-state index in [-0.39, 0.29) is 0 Å². The zero-order valence-corrected chi connectivity index (χ0v) is 8.63. The Kier molecular flexibility index (Phi) is 1.88. The fourth-order valence-electron chi connectivity index (χ4n) is 1.85. The van der Waals surface area contributed by atoms with Gasteiger partial charge >= 0.3 is 0 Å². The summed E-state index contributed by atoms with van der Waals surface area (Å²) in [7, 11) is 0. The molecule has 0 saturated carbocycles. The molecule has 0 unspecified atom stereocenters. The van der Waals surface area contributed by atoms with E-state index in [4.69, 9.17) is 0 Å². The minimum Gasteiger partial charge on any atom is -0.347 e. The predicted octanol–water partition coefficient (Wildman–Crippen LogP) is 3.35. The quantitative estimate of drug-likeness (QED) is 0.633. The third kappa shape index (κ3) is 1.26. The van der Waals surface area contributed by atoms with Crippen LogP contribution in [0, 0.1) is 0 Å². The van der Waals surface area contributed by atoms with E-state index in [0.717, 1.165) is 13.0 Å². The number of fused-ring (bicyclic) bond motifs is 2. The second kappa shape index (κ2) is 3.21. The normalized spacial score (nSPS) is 18.6. The fraction of sp³-hybridized carbons (Fsp3) is 0.167. The van der Waals surface area contributed by atoms with Gasteiger partial charge < -0.3 is 4.90 Å². The number of hydrogen-bond donors (Lipinski definition) is 0. The van der Waals surface area contributed by atoms with Crippen molar-refractivity contribution in [1.82, 2.24) is 4.90 Å². The molecule has 14 heavy (non-hydrogen) atoms. The Hall–Kier alpha value is -1.15. The highest BCUT2D eigenvalue weighted by Gasteiger charge is 2.16. The molecule has 0 saturated heterocycles. The van der Waals surface area contributed by atoms with Crippen molar-refractivity contribution in [3.8, 4) is 0 Å².